The van der Waals surface area contributed by atoms with Gasteiger partial charge in [0.05, 0.1) is 18.8 Å². The fraction of sp³-hybridized carbons (Fsp3) is 0.100. The van der Waals surface area contributed by atoms with Gasteiger partial charge in [-0.25, -0.2) is 4.79 Å². The van der Waals surface area contributed by atoms with Gasteiger partial charge >= 0.3 is 6.03 Å². The number of pyridine rings is 1. The monoisotopic (exact) mass is 374 g/mol. The molecule has 1 aromatic carbocycles. The maximum absolute atomic E-state index is 12.4. The molecule has 140 valence electrons. The Morgan fingerprint density at radius 2 is 1.82 bits per heavy atom. The molecule has 1 aliphatic rings. The van der Waals surface area contributed by atoms with Gasteiger partial charge in [0.2, 0.25) is 5.91 Å². The van der Waals surface area contributed by atoms with E-state index in [1.165, 1.54) is 6.08 Å². The summed E-state index contributed by atoms with van der Waals surface area (Å²) in [5, 5.41) is 12.7. The Morgan fingerprint density at radius 1 is 1.04 bits per heavy atom. The molecule has 0 saturated heterocycles. The van der Waals surface area contributed by atoms with Gasteiger partial charge in [-0.1, -0.05) is 18.2 Å². The zero-order chi connectivity index (χ0) is 19.3. The number of fused-ring (bicyclic) bond motifs is 1. The van der Waals surface area contributed by atoms with Crippen molar-refractivity contribution in [2.24, 2.45) is 0 Å². The van der Waals surface area contributed by atoms with E-state index in [-0.39, 0.29) is 11.9 Å². The fourth-order valence-corrected chi connectivity index (χ4v) is 2.91. The van der Waals surface area contributed by atoms with Crippen molar-refractivity contribution >= 4 is 29.5 Å². The summed E-state index contributed by atoms with van der Waals surface area (Å²) in [6, 6.07) is 12.7. The molecule has 0 saturated carbocycles. The topological polar surface area (TPSA) is 103 Å². The molecule has 0 aliphatic carbocycles. The Hall–Kier alpha value is -3.94. The first-order chi connectivity index (χ1) is 13.7. The molecular weight excluding hydrogens is 356 g/mol. The number of urea groups is 1. The van der Waals surface area contributed by atoms with Gasteiger partial charge in [-0.05, 0) is 35.9 Å². The molecular formula is C20H18N6O2. The molecule has 3 N–H and O–H groups in total. The first-order valence-corrected chi connectivity index (χ1v) is 8.75. The highest BCUT2D eigenvalue weighted by Gasteiger charge is 2.28. The number of aromatic nitrogens is 3. The Kier molecular flexibility index (Phi) is 4.83. The van der Waals surface area contributed by atoms with E-state index in [1.54, 1.807) is 35.5 Å². The highest BCUT2D eigenvalue weighted by atomic mass is 16.2. The maximum atomic E-state index is 12.4. The summed E-state index contributed by atoms with van der Waals surface area (Å²) in [5.74, 6) is 0.227. The van der Waals surface area contributed by atoms with Crippen molar-refractivity contribution in [3.05, 3.63) is 77.8 Å². The van der Waals surface area contributed by atoms with E-state index in [2.05, 4.69) is 25.8 Å². The van der Waals surface area contributed by atoms with Crippen LogP contribution in [0.2, 0.25) is 0 Å². The lowest BCUT2D eigenvalue weighted by atomic mass is 10.2. The number of anilines is 2. The van der Waals surface area contributed by atoms with E-state index in [9.17, 15) is 9.59 Å². The van der Waals surface area contributed by atoms with Crippen LogP contribution in [0.5, 0.6) is 0 Å². The predicted molar refractivity (Wildman–Crippen MR) is 105 cm³/mol. The second-order valence-electron chi connectivity index (χ2n) is 6.28. The summed E-state index contributed by atoms with van der Waals surface area (Å²) >= 11 is 0. The number of H-pyrrole nitrogens is 1. The number of para-hydroxylation sites is 1. The van der Waals surface area contributed by atoms with Gasteiger partial charge in [-0.15, -0.1) is 0 Å². The lowest BCUT2D eigenvalue weighted by Gasteiger charge is -2.16. The summed E-state index contributed by atoms with van der Waals surface area (Å²) in [6.45, 7) is 0.751. The molecule has 0 spiro atoms. The SMILES string of the molecule is O=C(/C=C/c1ccncc1)Nc1[nH]nc2c1CN(C(=O)Nc1ccccc1)C2. The van der Waals surface area contributed by atoms with Crippen molar-refractivity contribution in [2.75, 3.05) is 10.6 Å². The number of benzene rings is 1. The van der Waals surface area contributed by atoms with Gasteiger partial charge in [-0.2, -0.15) is 5.10 Å². The number of rotatable bonds is 4. The van der Waals surface area contributed by atoms with Gasteiger partial charge in [0.15, 0.2) is 0 Å². The standard InChI is InChI=1S/C20H18N6O2/c27-18(7-6-14-8-10-21-11-9-14)23-19-16-12-26(13-17(16)24-25-19)20(28)22-15-4-2-1-3-5-15/h1-11H,12-13H2,(H,22,28)(H2,23,24,25,27)/b7-6+. The largest absolute Gasteiger partial charge is 0.322 e. The number of carbonyl (C=O) groups excluding carboxylic acids is 2. The Morgan fingerprint density at radius 3 is 2.61 bits per heavy atom. The number of nitrogens with one attached hydrogen (secondary N) is 3. The van der Waals surface area contributed by atoms with Crippen molar-refractivity contribution in [2.45, 2.75) is 13.1 Å². The number of carbonyl (C=O) groups is 2. The Labute approximate surface area is 161 Å². The van der Waals surface area contributed by atoms with Crippen molar-refractivity contribution in [3.63, 3.8) is 0 Å². The molecule has 3 heterocycles. The van der Waals surface area contributed by atoms with Gasteiger partial charge in [-0.3, -0.25) is 14.9 Å². The van der Waals surface area contributed by atoms with Gasteiger partial charge in [0.1, 0.15) is 5.82 Å². The van der Waals surface area contributed by atoms with Crippen LogP contribution < -0.4 is 10.6 Å². The second-order valence-corrected chi connectivity index (χ2v) is 6.28. The third-order valence-corrected chi connectivity index (χ3v) is 4.34. The number of hydrogen-bond donors (Lipinski definition) is 3. The van der Waals surface area contributed by atoms with Crippen LogP contribution in [0.3, 0.4) is 0 Å². The minimum Gasteiger partial charge on any atom is -0.314 e. The Balaban J connectivity index is 1.38. The van der Waals surface area contributed by atoms with E-state index < -0.39 is 0 Å². The molecule has 3 aromatic rings. The lowest BCUT2D eigenvalue weighted by molar-refractivity contribution is -0.111. The van der Waals surface area contributed by atoms with Crippen LogP contribution >= 0.6 is 0 Å². The minimum absolute atomic E-state index is 0.209. The number of aromatic amines is 1. The molecule has 28 heavy (non-hydrogen) atoms. The zero-order valence-electron chi connectivity index (χ0n) is 14.9. The maximum Gasteiger partial charge on any atom is 0.322 e. The molecule has 0 radical (unpaired) electrons. The summed E-state index contributed by atoms with van der Waals surface area (Å²) in [6.07, 6.45) is 6.47. The van der Waals surface area contributed by atoms with Gasteiger partial charge < -0.3 is 15.5 Å². The molecule has 3 amide bonds. The molecule has 8 heteroatoms. The smallest absolute Gasteiger partial charge is 0.314 e. The van der Waals surface area contributed by atoms with Crippen molar-refractivity contribution in [3.8, 4) is 0 Å². The van der Waals surface area contributed by atoms with Crippen LogP contribution in [-0.4, -0.2) is 32.0 Å². The average Bonchev–Trinajstić information content (AvgIpc) is 3.30. The fourth-order valence-electron chi connectivity index (χ4n) is 2.91. The first-order valence-electron chi connectivity index (χ1n) is 8.75. The summed E-state index contributed by atoms with van der Waals surface area (Å²) in [5.41, 5.74) is 3.17. The van der Waals surface area contributed by atoms with Gasteiger partial charge in [0.25, 0.3) is 0 Å². The summed E-state index contributed by atoms with van der Waals surface area (Å²) < 4.78 is 0. The van der Waals surface area contributed by atoms with Crippen molar-refractivity contribution < 1.29 is 9.59 Å². The minimum atomic E-state index is -0.282. The number of hydrogen-bond acceptors (Lipinski definition) is 4. The van der Waals surface area contributed by atoms with E-state index in [0.717, 1.165) is 22.5 Å². The van der Waals surface area contributed by atoms with E-state index in [1.807, 2.05) is 30.3 Å². The molecule has 0 unspecified atom stereocenters. The normalized spacial score (nSPS) is 12.8. The molecule has 0 fully saturated rings. The van der Waals surface area contributed by atoms with E-state index in [4.69, 9.17) is 0 Å². The van der Waals surface area contributed by atoms with Crippen LogP contribution in [-0.2, 0) is 17.9 Å². The quantitative estimate of drug-likeness (QED) is 0.611. The highest BCUT2D eigenvalue weighted by molar-refractivity contribution is 6.02. The van der Waals surface area contributed by atoms with Crippen LogP contribution in [0.4, 0.5) is 16.3 Å². The zero-order valence-corrected chi connectivity index (χ0v) is 14.9. The molecule has 4 rings (SSSR count). The second kappa shape index (κ2) is 7.75. The predicted octanol–water partition coefficient (Wildman–Crippen LogP) is 3.00. The van der Waals surface area contributed by atoms with Crippen LogP contribution in [0, 0.1) is 0 Å². The third-order valence-electron chi connectivity index (χ3n) is 4.34. The summed E-state index contributed by atoms with van der Waals surface area (Å²) in [4.78, 5) is 30.2. The molecule has 0 bridgehead atoms. The number of amides is 3. The van der Waals surface area contributed by atoms with Crippen LogP contribution in [0.15, 0.2) is 60.9 Å². The lowest BCUT2D eigenvalue weighted by Crippen LogP contribution is -2.30. The van der Waals surface area contributed by atoms with E-state index in [0.29, 0.717) is 18.9 Å². The Bertz CT molecular complexity index is 1010. The van der Waals surface area contributed by atoms with E-state index >= 15 is 0 Å². The highest BCUT2D eigenvalue weighted by Crippen LogP contribution is 2.27. The molecule has 2 aromatic heterocycles. The molecule has 0 atom stereocenters. The van der Waals surface area contributed by atoms with Crippen molar-refractivity contribution in [1.29, 1.82) is 0 Å². The van der Waals surface area contributed by atoms with Gasteiger partial charge in [0, 0.05) is 29.7 Å². The molecule has 1 aliphatic heterocycles. The van der Waals surface area contributed by atoms with Crippen LogP contribution in [0.1, 0.15) is 16.8 Å². The number of nitrogens with zero attached hydrogens (tertiary/aromatic N) is 3. The average molecular weight is 374 g/mol. The van der Waals surface area contributed by atoms with Crippen molar-refractivity contribution in [1.82, 2.24) is 20.1 Å². The van der Waals surface area contributed by atoms with Crippen LogP contribution in [0.25, 0.3) is 6.08 Å². The molecule has 8 nitrogen and oxygen atoms in total. The third kappa shape index (κ3) is 3.90. The summed E-state index contributed by atoms with van der Waals surface area (Å²) in [7, 11) is 0. The first kappa shape index (κ1) is 17.5.